The first-order valence-electron chi connectivity index (χ1n) is 12.6. The number of fused-ring (bicyclic) bond motifs is 6. The van der Waals surface area contributed by atoms with Crippen LogP contribution in [0, 0.1) is 0 Å². The summed E-state index contributed by atoms with van der Waals surface area (Å²) in [5.41, 5.74) is 10.4. The normalized spacial score (nSPS) is 14.3. The van der Waals surface area contributed by atoms with E-state index in [0.717, 1.165) is 17.1 Å². The van der Waals surface area contributed by atoms with Gasteiger partial charge in [0.05, 0.1) is 0 Å². The molecule has 0 amide bonds. The molecule has 0 atom stereocenters. The number of ether oxygens (including phenoxy) is 1. The van der Waals surface area contributed by atoms with Gasteiger partial charge in [0.25, 0.3) is 0 Å². The van der Waals surface area contributed by atoms with Gasteiger partial charge in [-0.1, -0.05) is 98.8 Å². The number of rotatable bonds is 1. The Morgan fingerprint density at radius 1 is 0.500 bits per heavy atom. The van der Waals surface area contributed by atoms with Crippen molar-refractivity contribution in [3.05, 3.63) is 120 Å². The first-order chi connectivity index (χ1) is 17.6. The monoisotopic (exact) mass is 460 g/mol. The van der Waals surface area contributed by atoms with Crippen LogP contribution in [0.3, 0.4) is 0 Å². The van der Waals surface area contributed by atoms with E-state index in [2.05, 4.69) is 123 Å². The Kier molecular flexibility index (Phi) is 3.79. The van der Waals surface area contributed by atoms with Gasteiger partial charge in [-0.2, -0.15) is 0 Å². The maximum atomic E-state index is 6.50. The van der Waals surface area contributed by atoms with Crippen LogP contribution in [0.4, 0.5) is 0 Å². The molecular formula is C35H24O. The van der Waals surface area contributed by atoms with E-state index in [9.17, 15) is 0 Å². The molecule has 1 aliphatic heterocycles. The third kappa shape index (κ3) is 2.55. The second kappa shape index (κ2) is 6.86. The van der Waals surface area contributed by atoms with Crippen LogP contribution in [-0.4, -0.2) is 0 Å². The van der Waals surface area contributed by atoms with Gasteiger partial charge in [-0.3, -0.25) is 0 Å². The molecule has 1 heteroatoms. The number of hydrogen-bond donors (Lipinski definition) is 0. The zero-order valence-corrected chi connectivity index (χ0v) is 20.3. The molecule has 1 aliphatic carbocycles. The van der Waals surface area contributed by atoms with Crippen molar-refractivity contribution in [1.29, 1.82) is 0 Å². The Hall–Kier alpha value is -4.36. The molecule has 0 N–H and O–H groups in total. The average Bonchev–Trinajstić information content (AvgIpc) is 3.14. The number of hydrogen-bond acceptors (Lipinski definition) is 1. The summed E-state index contributed by atoms with van der Waals surface area (Å²) in [6.07, 6.45) is 0. The van der Waals surface area contributed by atoms with Crippen molar-refractivity contribution in [2.24, 2.45) is 0 Å². The van der Waals surface area contributed by atoms with Crippen molar-refractivity contribution in [3.63, 3.8) is 0 Å². The third-order valence-electron chi connectivity index (χ3n) is 8.25. The van der Waals surface area contributed by atoms with Crippen molar-refractivity contribution in [2.45, 2.75) is 19.3 Å². The zero-order valence-electron chi connectivity index (χ0n) is 20.3. The molecule has 0 fully saturated rings. The summed E-state index contributed by atoms with van der Waals surface area (Å²) in [5, 5.41) is 4.86. The predicted octanol–water partition coefficient (Wildman–Crippen LogP) is 9.74. The lowest BCUT2D eigenvalue weighted by atomic mass is 9.81. The van der Waals surface area contributed by atoms with E-state index in [1.54, 1.807) is 0 Å². The molecular weight excluding hydrogens is 436 g/mol. The lowest BCUT2D eigenvalue weighted by Gasteiger charge is -2.24. The predicted molar refractivity (Wildman–Crippen MR) is 150 cm³/mol. The van der Waals surface area contributed by atoms with Crippen molar-refractivity contribution in [3.8, 4) is 44.9 Å². The van der Waals surface area contributed by atoms with Crippen LogP contribution < -0.4 is 4.74 Å². The summed E-state index contributed by atoms with van der Waals surface area (Å²) < 4.78 is 6.50. The van der Waals surface area contributed by atoms with Crippen LogP contribution in [0.1, 0.15) is 25.0 Å². The maximum absolute atomic E-state index is 6.50. The molecule has 0 bridgehead atoms. The third-order valence-corrected chi connectivity index (χ3v) is 8.25. The van der Waals surface area contributed by atoms with E-state index in [0.29, 0.717) is 0 Å². The van der Waals surface area contributed by atoms with Crippen molar-refractivity contribution in [1.82, 2.24) is 0 Å². The van der Waals surface area contributed by atoms with E-state index in [4.69, 9.17) is 4.74 Å². The van der Waals surface area contributed by atoms with Crippen molar-refractivity contribution < 1.29 is 4.74 Å². The molecule has 170 valence electrons. The van der Waals surface area contributed by atoms with Gasteiger partial charge in [-0.15, -0.1) is 0 Å². The Morgan fingerprint density at radius 2 is 1.22 bits per heavy atom. The van der Waals surface area contributed by atoms with Crippen molar-refractivity contribution in [2.75, 3.05) is 0 Å². The second-order valence-corrected chi connectivity index (χ2v) is 10.6. The molecule has 2 aliphatic rings. The van der Waals surface area contributed by atoms with Gasteiger partial charge in [0.1, 0.15) is 11.5 Å². The summed E-state index contributed by atoms with van der Waals surface area (Å²) in [5.74, 6) is 1.86. The van der Waals surface area contributed by atoms with Crippen LogP contribution in [-0.2, 0) is 5.41 Å². The minimum absolute atomic E-state index is 0.0165. The molecule has 6 aromatic rings. The highest BCUT2D eigenvalue weighted by molar-refractivity contribution is 6.11. The van der Waals surface area contributed by atoms with E-state index >= 15 is 0 Å². The summed E-state index contributed by atoms with van der Waals surface area (Å²) in [4.78, 5) is 0. The Bertz CT molecular complexity index is 1890. The largest absolute Gasteiger partial charge is 0.456 e. The van der Waals surface area contributed by atoms with Gasteiger partial charge in [-0.25, -0.2) is 0 Å². The molecule has 8 rings (SSSR count). The summed E-state index contributed by atoms with van der Waals surface area (Å²) in [7, 11) is 0. The minimum Gasteiger partial charge on any atom is -0.456 e. The van der Waals surface area contributed by atoms with Gasteiger partial charge < -0.3 is 4.74 Å². The summed E-state index contributed by atoms with van der Waals surface area (Å²) in [6, 6.07) is 39.8. The van der Waals surface area contributed by atoms with Crippen LogP contribution in [0.15, 0.2) is 109 Å². The summed E-state index contributed by atoms with van der Waals surface area (Å²) >= 11 is 0. The van der Waals surface area contributed by atoms with Crippen LogP contribution in [0.5, 0.6) is 11.5 Å². The van der Waals surface area contributed by atoms with Crippen LogP contribution in [0.25, 0.3) is 54.9 Å². The van der Waals surface area contributed by atoms with Gasteiger partial charge in [0.15, 0.2) is 0 Å². The molecule has 0 saturated carbocycles. The van der Waals surface area contributed by atoms with Gasteiger partial charge in [0, 0.05) is 16.4 Å². The molecule has 0 unspecified atom stereocenters. The van der Waals surface area contributed by atoms with E-state index < -0.39 is 0 Å². The van der Waals surface area contributed by atoms with Gasteiger partial charge in [0.2, 0.25) is 0 Å². The molecule has 0 radical (unpaired) electrons. The first kappa shape index (κ1) is 19.9. The molecule has 0 saturated heterocycles. The Labute approximate surface area is 210 Å². The molecule has 0 spiro atoms. The van der Waals surface area contributed by atoms with Crippen LogP contribution in [0.2, 0.25) is 0 Å². The molecule has 0 aromatic heterocycles. The van der Waals surface area contributed by atoms with E-state index in [-0.39, 0.29) is 5.41 Å². The lowest BCUT2D eigenvalue weighted by molar-refractivity contribution is 0.488. The SMILES string of the molecule is CC1(C)c2ccccc2-c2ccc(-c3ccc4c5c(cccc35)-c3cc5ccccc5cc3O4)cc21. The minimum atomic E-state index is -0.0165. The second-order valence-electron chi connectivity index (χ2n) is 10.6. The zero-order chi connectivity index (χ0) is 24.0. The number of benzene rings is 6. The molecule has 1 heterocycles. The fourth-order valence-electron chi connectivity index (χ4n) is 6.44. The van der Waals surface area contributed by atoms with Gasteiger partial charge in [-0.05, 0) is 79.4 Å². The Balaban J connectivity index is 1.35. The van der Waals surface area contributed by atoms with Crippen molar-refractivity contribution >= 4 is 21.5 Å². The molecule has 36 heavy (non-hydrogen) atoms. The van der Waals surface area contributed by atoms with Gasteiger partial charge >= 0.3 is 0 Å². The fourth-order valence-corrected chi connectivity index (χ4v) is 6.44. The quantitative estimate of drug-likeness (QED) is 0.237. The lowest BCUT2D eigenvalue weighted by Crippen LogP contribution is -2.14. The maximum Gasteiger partial charge on any atom is 0.135 e. The Morgan fingerprint density at radius 3 is 2.11 bits per heavy atom. The average molecular weight is 461 g/mol. The highest BCUT2D eigenvalue weighted by atomic mass is 16.5. The molecule has 6 aromatic carbocycles. The van der Waals surface area contributed by atoms with E-state index in [1.807, 2.05) is 0 Å². The smallest absolute Gasteiger partial charge is 0.135 e. The van der Waals surface area contributed by atoms with E-state index in [1.165, 1.54) is 60.5 Å². The van der Waals surface area contributed by atoms with Crippen LogP contribution >= 0.6 is 0 Å². The first-order valence-corrected chi connectivity index (χ1v) is 12.6. The fraction of sp³-hybridized carbons (Fsp3) is 0.0857. The standard InChI is InChI=1S/C35H24O/c1-35(2)30-13-6-5-10-25(30)26-15-14-23(19-31(26)35)24-16-17-32-34-27(24)11-7-12-28(34)29-18-21-8-3-4-9-22(21)20-33(29)36-32/h3-20H,1-2H3. The highest BCUT2D eigenvalue weighted by Crippen LogP contribution is 2.52. The molecule has 1 nitrogen and oxygen atoms in total. The highest BCUT2D eigenvalue weighted by Gasteiger charge is 2.35. The topological polar surface area (TPSA) is 9.23 Å². The summed E-state index contributed by atoms with van der Waals surface area (Å²) in [6.45, 7) is 4.68.